The van der Waals surface area contributed by atoms with Gasteiger partial charge in [0.25, 0.3) is 5.91 Å². The van der Waals surface area contributed by atoms with Gasteiger partial charge in [-0.05, 0) is 91.1 Å². The van der Waals surface area contributed by atoms with E-state index in [1.807, 2.05) is 30.5 Å². The van der Waals surface area contributed by atoms with E-state index in [-0.39, 0.29) is 13.8 Å². The van der Waals surface area contributed by atoms with Gasteiger partial charge in [0.2, 0.25) is 0 Å². The Balaban J connectivity index is 2.40. The summed E-state index contributed by atoms with van der Waals surface area (Å²) in [6.07, 6.45) is 11.0. The number of hydrogen-bond donors (Lipinski definition) is 2. The Morgan fingerprint density at radius 3 is 2.29 bits per heavy atom. The fourth-order valence-electron chi connectivity index (χ4n) is 4.01. The Kier molecular flexibility index (Phi) is 12.7. The van der Waals surface area contributed by atoms with Gasteiger partial charge in [-0.1, -0.05) is 57.0 Å². The van der Waals surface area contributed by atoms with E-state index in [4.69, 9.17) is 0 Å². The molecule has 0 radical (unpaired) electrons. The molecule has 2 aromatic carbocycles. The molecule has 0 aliphatic rings. The number of carbonyl (C=O) groups is 2. The van der Waals surface area contributed by atoms with E-state index in [2.05, 4.69) is 44.3 Å². The fourth-order valence-corrected chi connectivity index (χ4v) is 7.26. The molecule has 6 heteroatoms. The summed E-state index contributed by atoms with van der Waals surface area (Å²) in [6, 6.07) is 13.3. The second-order valence-electron chi connectivity index (χ2n) is 8.82. The average Bonchev–Trinajstić information content (AvgIpc) is 2.83. The van der Waals surface area contributed by atoms with Gasteiger partial charge in [0.15, 0.2) is 0 Å². The summed E-state index contributed by atoms with van der Waals surface area (Å²) >= 11 is 1.58. The van der Waals surface area contributed by atoms with Crippen LogP contribution in [0.2, 0.25) is 0 Å². The highest BCUT2D eigenvalue weighted by molar-refractivity contribution is 7.98. The lowest BCUT2D eigenvalue weighted by Gasteiger charge is -2.20. The predicted octanol–water partition coefficient (Wildman–Crippen LogP) is 7.18. The normalized spacial score (nSPS) is 12.0. The molecule has 0 saturated heterocycles. The van der Waals surface area contributed by atoms with Gasteiger partial charge in [-0.25, -0.2) is 4.79 Å². The van der Waals surface area contributed by atoms with E-state index in [0.717, 1.165) is 22.9 Å². The average molecular weight is 502 g/mol. The van der Waals surface area contributed by atoms with Crippen molar-refractivity contribution in [1.29, 1.82) is 0 Å². The molecule has 0 fully saturated rings. The SMILES string of the molecule is CCCCP(CCCC)Cc1ccc(C(=O)NC(CCSC)C(=O)O)c(-c2ccccc2C)c1. The third kappa shape index (κ3) is 8.74. The number of aliphatic carboxylic acids is 1. The Labute approximate surface area is 211 Å². The number of rotatable bonds is 15. The number of unbranched alkanes of at least 4 members (excludes halogenated alkanes) is 2. The van der Waals surface area contributed by atoms with Crippen molar-refractivity contribution in [2.24, 2.45) is 0 Å². The van der Waals surface area contributed by atoms with Gasteiger partial charge in [-0.2, -0.15) is 11.8 Å². The first-order valence-corrected chi connectivity index (χ1v) is 15.6. The highest BCUT2D eigenvalue weighted by atomic mass is 32.2. The van der Waals surface area contributed by atoms with Crippen LogP contribution >= 0.6 is 19.7 Å². The van der Waals surface area contributed by atoms with Crippen LogP contribution in [0.3, 0.4) is 0 Å². The molecular weight excluding hydrogens is 461 g/mol. The first kappa shape index (κ1) is 28.4. The van der Waals surface area contributed by atoms with Gasteiger partial charge in [-0.15, -0.1) is 7.92 Å². The quantitative estimate of drug-likeness (QED) is 0.254. The van der Waals surface area contributed by atoms with Crippen LogP contribution in [-0.4, -0.2) is 47.4 Å². The maximum atomic E-state index is 13.3. The number of carbonyl (C=O) groups excluding carboxylic acids is 1. The van der Waals surface area contributed by atoms with Crippen molar-refractivity contribution in [1.82, 2.24) is 5.32 Å². The number of benzene rings is 2. The molecule has 0 aliphatic heterocycles. The number of amides is 1. The van der Waals surface area contributed by atoms with Crippen molar-refractivity contribution >= 4 is 31.6 Å². The molecular formula is C28H40NO3PS. The van der Waals surface area contributed by atoms with Crippen molar-refractivity contribution in [3.8, 4) is 11.1 Å². The van der Waals surface area contributed by atoms with Crippen LogP contribution in [0.1, 0.15) is 67.4 Å². The lowest BCUT2D eigenvalue weighted by atomic mass is 9.94. The molecule has 2 aromatic rings. The van der Waals surface area contributed by atoms with Gasteiger partial charge in [0.1, 0.15) is 6.04 Å². The summed E-state index contributed by atoms with van der Waals surface area (Å²) in [4.78, 5) is 25.0. The molecule has 4 nitrogen and oxygen atoms in total. The van der Waals surface area contributed by atoms with E-state index in [9.17, 15) is 14.7 Å². The molecule has 2 N–H and O–H groups in total. The van der Waals surface area contributed by atoms with Crippen LogP contribution in [0.15, 0.2) is 42.5 Å². The zero-order chi connectivity index (χ0) is 24.9. The Morgan fingerprint density at radius 1 is 1.03 bits per heavy atom. The smallest absolute Gasteiger partial charge is 0.326 e. The maximum Gasteiger partial charge on any atom is 0.326 e. The number of nitrogens with one attached hydrogen (secondary N) is 1. The minimum atomic E-state index is -0.992. The van der Waals surface area contributed by atoms with Crippen molar-refractivity contribution < 1.29 is 14.7 Å². The minimum absolute atomic E-state index is 0.0727. The third-order valence-electron chi connectivity index (χ3n) is 6.04. The maximum absolute atomic E-state index is 13.3. The highest BCUT2D eigenvalue weighted by Gasteiger charge is 2.23. The standard InChI is InChI=1S/C28H40NO3PS/c1-5-7-16-33(17-8-6-2)20-22-13-14-24(25(19-22)23-12-10-9-11-21(23)3)27(30)29-26(28(31)32)15-18-34-4/h9-14,19,26H,5-8,15-18,20H2,1-4H3,(H,29,30)(H,31,32). The highest BCUT2D eigenvalue weighted by Crippen LogP contribution is 2.42. The summed E-state index contributed by atoms with van der Waals surface area (Å²) < 4.78 is 0. The Bertz CT molecular complexity index is 926. The van der Waals surface area contributed by atoms with E-state index in [1.165, 1.54) is 43.6 Å². The number of hydrogen-bond acceptors (Lipinski definition) is 3. The lowest BCUT2D eigenvalue weighted by Crippen LogP contribution is -2.41. The molecule has 1 amide bonds. The Morgan fingerprint density at radius 2 is 1.71 bits per heavy atom. The van der Waals surface area contributed by atoms with Crippen molar-refractivity contribution in [3.63, 3.8) is 0 Å². The van der Waals surface area contributed by atoms with Crippen LogP contribution in [-0.2, 0) is 11.0 Å². The molecule has 1 unspecified atom stereocenters. The summed E-state index contributed by atoms with van der Waals surface area (Å²) in [5.74, 6) is -0.633. The van der Waals surface area contributed by atoms with Crippen molar-refractivity contribution in [3.05, 3.63) is 59.2 Å². The number of carboxylic acids is 1. The number of thioether (sulfide) groups is 1. The molecule has 186 valence electrons. The monoisotopic (exact) mass is 501 g/mol. The molecule has 0 saturated carbocycles. The minimum Gasteiger partial charge on any atom is -0.480 e. The predicted molar refractivity (Wildman–Crippen MR) is 149 cm³/mol. The molecule has 0 bridgehead atoms. The summed E-state index contributed by atoms with van der Waals surface area (Å²) in [6.45, 7) is 6.55. The van der Waals surface area contributed by atoms with Gasteiger partial charge in [0, 0.05) is 5.56 Å². The molecule has 2 rings (SSSR count). The van der Waals surface area contributed by atoms with E-state index in [1.54, 1.807) is 11.8 Å². The first-order valence-electron chi connectivity index (χ1n) is 12.3. The molecule has 34 heavy (non-hydrogen) atoms. The van der Waals surface area contributed by atoms with Crippen LogP contribution < -0.4 is 5.32 Å². The van der Waals surface area contributed by atoms with E-state index in [0.29, 0.717) is 17.7 Å². The largest absolute Gasteiger partial charge is 0.480 e. The molecule has 0 heterocycles. The summed E-state index contributed by atoms with van der Waals surface area (Å²) in [5, 5.41) is 12.4. The van der Waals surface area contributed by atoms with E-state index >= 15 is 0 Å². The van der Waals surface area contributed by atoms with Crippen LogP contribution in [0.4, 0.5) is 0 Å². The van der Waals surface area contributed by atoms with Crippen molar-refractivity contribution in [2.45, 2.75) is 65.1 Å². The summed E-state index contributed by atoms with van der Waals surface area (Å²) in [5.41, 5.74) is 4.83. The zero-order valence-corrected chi connectivity index (χ0v) is 22.8. The zero-order valence-electron chi connectivity index (χ0n) is 21.1. The van der Waals surface area contributed by atoms with Crippen LogP contribution in [0.25, 0.3) is 11.1 Å². The van der Waals surface area contributed by atoms with Crippen LogP contribution in [0, 0.1) is 6.92 Å². The number of aryl methyl sites for hydroxylation is 1. The number of carboxylic acid groups (broad SMARTS) is 1. The lowest BCUT2D eigenvalue weighted by molar-refractivity contribution is -0.139. The van der Waals surface area contributed by atoms with E-state index < -0.39 is 12.0 Å². The van der Waals surface area contributed by atoms with Gasteiger partial charge in [0.05, 0.1) is 0 Å². The van der Waals surface area contributed by atoms with Gasteiger partial charge < -0.3 is 10.4 Å². The first-order chi connectivity index (χ1) is 16.4. The van der Waals surface area contributed by atoms with Crippen LogP contribution in [0.5, 0.6) is 0 Å². The Hall–Kier alpha value is -1.84. The fraction of sp³-hybridized carbons (Fsp3) is 0.500. The van der Waals surface area contributed by atoms with Gasteiger partial charge in [-0.3, -0.25) is 4.79 Å². The third-order valence-corrected chi connectivity index (χ3v) is 9.39. The molecule has 0 spiro atoms. The molecule has 0 aliphatic carbocycles. The second-order valence-corrected chi connectivity index (χ2v) is 12.4. The van der Waals surface area contributed by atoms with Gasteiger partial charge >= 0.3 is 5.97 Å². The topological polar surface area (TPSA) is 66.4 Å². The molecule has 1 atom stereocenters. The summed E-state index contributed by atoms with van der Waals surface area (Å²) in [7, 11) is -0.0727. The molecule has 0 aromatic heterocycles. The second kappa shape index (κ2) is 15.2. The van der Waals surface area contributed by atoms with Crippen molar-refractivity contribution in [2.75, 3.05) is 24.3 Å².